The Morgan fingerprint density at radius 3 is 2.69 bits per heavy atom. The van der Waals surface area contributed by atoms with Crippen molar-refractivity contribution in [3.8, 4) is 0 Å². The van der Waals surface area contributed by atoms with E-state index in [1.807, 2.05) is 0 Å². The highest BCUT2D eigenvalue weighted by atomic mass is 35.5. The molecule has 1 aromatic rings. The quantitative estimate of drug-likeness (QED) is 0.793. The monoisotopic (exact) mass is 394 g/mol. The Bertz CT molecular complexity index is 738. The number of methoxy groups -OCH3 is 1. The second-order valence-electron chi connectivity index (χ2n) is 6.57. The van der Waals surface area contributed by atoms with Crippen LogP contribution in [0.1, 0.15) is 12.8 Å². The van der Waals surface area contributed by atoms with Crippen molar-refractivity contribution in [2.75, 3.05) is 25.5 Å². The Kier molecular flexibility index (Phi) is 5.16. The molecule has 2 N–H and O–H groups in total. The number of carbonyl (C=O) groups is 1. The molecule has 1 saturated carbocycles. The van der Waals surface area contributed by atoms with Crippen LogP contribution in [-0.2, 0) is 9.53 Å². The van der Waals surface area contributed by atoms with Crippen molar-refractivity contribution in [3.63, 3.8) is 0 Å². The van der Waals surface area contributed by atoms with Gasteiger partial charge in [0.15, 0.2) is 0 Å². The Balaban J connectivity index is 1.77. The third-order valence-electron chi connectivity index (χ3n) is 4.69. The number of carbonyl (C=O) groups excluding carboxylic acids is 1. The first-order chi connectivity index (χ1) is 12.2. The van der Waals surface area contributed by atoms with Gasteiger partial charge in [-0.15, -0.1) is 0 Å². The molecular weight excluding hydrogens is 377 g/mol. The lowest BCUT2D eigenvalue weighted by molar-refractivity contribution is -0.173. The van der Waals surface area contributed by atoms with Crippen LogP contribution in [0.3, 0.4) is 0 Å². The van der Waals surface area contributed by atoms with Gasteiger partial charge in [0.1, 0.15) is 16.9 Å². The molecule has 1 aliphatic heterocycles. The Hall–Kier alpha value is -1.81. The first kappa shape index (κ1) is 19.0. The number of nitrogens with zero attached hydrogens (tertiary/aromatic N) is 2. The van der Waals surface area contributed by atoms with Crippen molar-refractivity contribution in [1.29, 1.82) is 0 Å². The highest BCUT2D eigenvalue weighted by Gasteiger charge is 2.52. The number of aromatic nitrogens is 2. The van der Waals surface area contributed by atoms with Crippen LogP contribution in [0.4, 0.5) is 19.0 Å². The number of hydrogen-bond donors (Lipinski definition) is 2. The van der Waals surface area contributed by atoms with Gasteiger partial charge in [0.2, 0.25) is 0 Å². The van der Waals surface area contributed by atoms with E-state index in [1.54, 1.807) is 0 Å². The van der Waals surface area contributed by atoms with Crippen LogP contribution in [0.5, 0.6) is 0 Å². The molecule has 144 valence electrons. The van der Waals surface area contributed by atoms with Crippen LogP contribution in [0.15, 0.2) is 10.9 Å². The topological polar surface area (TPSA) is 87.3 Å². The number of anilines is 1. The van der Waals surface area contributed by atoms with Gasteiger partial charge in [-0.25, -0.2) is 5.10 Å². The van der Waals surface area contributed by atoms with E-state index in [0.29, 0.717) is 0 Å². The summed E-state index contributed by atoms with van der Waals surface area (Å²) in [6.07, 6.45) is -3.53. The van der Waals surface area contributed by atoms with Gasteiger partial charge in [0.25, 0.3) is 11.5 Å². The number of hydrogen-bond acceptors (Lipinski definition) is 5. The summed E-state index contributed by atoms with van der Waals surface area (Å²) in [7, 11) is 1.39. The third kappa shape index (κ3) is 3.96. The maximum atomic E-state index is 13.4. The van der Waals surface area contributed by atoms with Crippen LogP contribution in [0, 0.1) is 11.8 Å². The predicted octanol–water partition coefficient (Wildman–Crippen LogP) is 1.65. The van der Waals surface area contributed by atoms with Gasteiger partial charge in [-0.05, 0) is 18.8 Å². The molecular formula is C15H18ClF3N4O3. The molecule has 26 heavy (non-hydrogen) atoms. The zero-order valence-corrected chi connectivity index (χ0v) is 14.6. The zero-order valence-electron chi connectivity index (χ0n) is 13.8. The van der Waals surface area contributed by atoms with Crippen LogP contribution in [0.2, 0.25) is 5.02 Å². The number of alkyl halides is 3. The maximum Gasteiger partial charge on any atom is 0.395 e. The summed E-state index contributed by atoms with van der Waals surface area (Å²) >= 11 is 5.68. The number of nitrogens with one attached hydrogen (secondary N) is 2. The molecule has 1 unspecified atom stereocenters. The standard InChI is InChI=1S/C15H18ClF3N4O3/c1-26-12(7-2-3-7)14(25)23-5-8(15(17,18)19)10(6-23)20-11-4-9(16)13(24)22-21-11/h4,7-8,10,12H,2-3,5-6H2,1H3,(H,20,21)(H,22,24)/t8-,10-,12?/m1/s1. The molecule has 3 atom stereocenters. The molecule has 1 aromatic heterocycles. The van der Waals surface area contributed by atoms with Gasteiger partial charge >= 0.3 is 6.18 Å². The summed E-state index contributed by atoms with van der Waals surface area (Å²) in [5, 5.41) is 8.19. The van der Waals surface area contributed by atoms with Gasteiger partial charge in [-0.1, -0.05) is 11.6 Å². The highest BCUT2D eigenvalue weighted by Crippen LogP contribution is 2.38. The summed E-state index contributed by atoms with van der Waals surface area (Å²) in [4.78, 5) is 25.0. The third-order valence-corrected chi connectivity index (χ3v) is 4.97. The molecule has 11 heteroatoms. The van der Waals surface area contributed by atoms with Crippen molar-refractivity contribution in [2.24, 2.45) is 11.8 Å². The van der Waals surface area contributed by atoms with E-state index < -0.39 is 42.3 Å². The second kappa shape index (κ2) is 7.07. The highest BCUT2D eigenvalue weighted by molar-refractivity contribution is 6.30. The van der Waals surface area contributed by atoms with E-state index in [4.69, 9.17) is 16.3 Å². The minimum atomic E-state index is -4.50. The van der Waals surface area contributed by atoms with Gasteiger partial charge < -0.3 is 15.0 Å². The fraction of sp³-hybridized carbons (Fsp3) is 0.667. The van der Waals surface area contributed by atoms with E-state index in [9.17, 15) is 22.8 Å². The Morgan fingerprint density at radius 2 is 2.15 bits per heavy atom. The summed E-state index contributed by atoms with van der Waals surface area (Å²) in [5.41, 5.74) is -0.639. The molecule has 0 spiro atoms. The number of ether oxygens (including phenoxy) is 1. The van der Waals surface area contributed by atoms with Gasteiger partial charge in [0, 0.05) is 26.3 Å². The van der Waals surface area contributed by atoms with Crippen molar-refractivity contribution in [2.45, 2.75) is 31.2 Å². The molecule has 0 bridgehead atoms. The van der Waals surface area contributed by atoms with Gasteiger partial charge in [-0.3, -0.25) is 9.59 Å². The van der Waals surface area contributed by atoms with Crippen LogP contribution >= 0.6 is 11.6 Å². The number of aromatic amines is 1. The van der Waals surface area contributed by atoms with Crippen molar-refractivity contribution in [1.82, 2.24) is 15.1 Å². The van der Waals surface area contributed by atoms with Crippen LogP contribution in [0.25, 0.3) is 0 Å². The largest absolute Gasteiger partial charge is 0.395 e. The summed E-state index contributed by atoms with van der Waals surface area (Å²) < 4.78 is 45.5. The maximum absolute atomic E-state index is 13.4. The number of halogens is 4. The van der Waals surface area contributed by atoms with Crippen molar-refractivity contribution in [3.05, 3.63) is 21.4 Å². The fourth-order valence-corrected chi connectivity index (χ4v) is 3.33. The SMILES string of the molecule is COC(C(=O)N1C[C@@H](C(F)(F)F)[C@H](Nc2cc(Cl)c(=O)[nH]n2)C1)C1CC1. The first-order valence-electron chi connectivity index (χ1n) is 8.10. The minimum absolute atomic E-state index is 0.00799. The molecule has 0 aromatic carbocycles. The lowest BCUT2D eigenvalue weighted by Crippen LogP contribution is -2.41. The van der Waals surface area contributed by atoms with Gasteiger partial charge in [0.05, 0.1) is 12.0 Å². The van der Waals surface area contributed by atoms with Crippen LogP contribution in [-0.4, -0.2) is 59.5 Å². The predicted molar refractivity (Wildman–Crippen MR) is 86.9 cm³/mol. The molecule has 3 rings (SSSR count). The molecule has 1 amide bonds. The van der Waals surface area contributed by atoms with E-state index in [-0.39, 0.29) is 23.3 Å². The fourth-order valence-electron chi connectivity index (χ4n) is 3.18. The van der Waals surface area contributed by atoms with E-state index >= 15 is 0 Å². The number of likely N-dealkylation sites (tertiary alicyclic amines) is 1. The van der Waals surface area contributed by atoms with Gasteiger partial charge in [-0.2, -0.15) is 18.3 Å². The smallest absolute Gasteiger partial charge is 0.371 e. The Morgan fingerprint density at radius 1 is 1.46 bits per heavy atom. The Labute approximate surface area is 151 Å². The molecule has 7 nitrogen and oxygen atoms in total. The number of rotatable bonds is 5. The molecule has 1 saturated heterocycles. The molecule has 2 fully saturated rings. The van der Waals surface area contributed by atoms with E-state index in [2.05, 4.69) is 15.5 Å². The minimum Gasteiger partial charge on any atom is -0.371 e. The van der Waals surface area contributed by atoms with E-state index in [0.717, 1.165) is 18.9 Å². The number of H-pyrrole nitrogens is 1. The molecule has 2 heterocycles. The summed E-state index contributed by atoms with van der Waals surface area (Å²) in [6.45, 7) is -0.600. The van der Waals surface area contributed by atoms with Crippen molar-refractivity contribution < 1.29 is 22.7 Å². The summed E-state index contributed by atoms with van der Waals surface area (Å²) in [5.74, 6) is -2.12. The lowest BCUT2D eigenvalue weighted by Gasteiger charge is -2.22. The second-order valence-corrected chi connectivity index (χ2v) is 6.97. The molecule has 0 radical (unpaired) electrons. The zero-order chi connectivity index (χ0) is 19.1. The average Bonchev–Trinajstić information content (AvgIpc) is 3.29. The molecule has 1 aliphatic carbocycles. The lowest BCUT2D eigenvalue weighted by atomic mass is 10.0. The summed E-state index contributed by atoms with van der Waals surface area (Å²) in [6, 6.07) is 0.0469. The van der Waals surface area contributed by atoms with Crippen molar-refractivity contribution >= 4 is 23.3 Å². The first-order valence-corrected chi connectivity index (χ1v) is 8.48. The van der Waals surface area contributed by atoms with Crippen LogP contribution < -0.4 is 10.9 Å². The molecule has 2 aliphatic rings. The normalized spacial score (nSPS) is 24.6. The van der Waals surface area contributed by atoms with E-state index in [1.165, 1.54) is 12.0 Å². The average molecular weight is 395 g/mol. The number of amides is 1.